The molecule has 1 aromatic carbocycles. The molecule has 0 amide bonds. The van der Waals surface area contributed by atoms with Gasteiger partial charge in [0.05, 0.1) is 34.3 Å². The molecule has 0 aliphatic carbocycles. The van der Waals surface area contributed by atoms with Crippen molar-refractivity contribution in [2.45, 2.75) is 19.4 Å². The van der Waals surface area contributed by atoms with Crippen LogP contribution in [0.1, 0.15) is 13.3 Å². The Bertz CT molecular complexity index is 1220. The van der Waals surface area contributed by atoms with Crippen molar-refractivity contribution in [3.8, 4) is 6.07 Å². The second-order valence-corrected chi connectivity index (χ2v) is 9.16. The Morgan fingerprint density at radius 2 is 2.19 bits per heavy atom. The molecular formula is C20H24N8O2S. The molecule has 1 saturated heterocycles. The number of nitrogens with one attached hydrogen (secondary N) is 4. The fraction of sp³-hybridized carbons (Fsp3) is 0.350. The number of fused-ring (bicyclic) bond motifs is 1. The van der Waals surface area contributed by atoms with Crippen LogP contribution in [-0.2, 0) is 10.0 Å². The number of hydrogen-bond acceptors (Lipinski definition) is 8. The van der Waals surface area contributed by atoms with Gasteiger partial charge in [-0.3, -0.25) is 10.0 Å². The van der Waals surface area contributed by atoms with Gasteiger partial charge in [0.2, 0.25) is 10.0 Å². The van der Waals surface area contributed by atoms with E-state index in [0.717, 1.165) is 17.6 Å². The molecule has 31 heavy (non-hydrogen) atoms. The Labute approximate surface area is 180 Å². The van der Waals surface area contributed by atoms with Gasteiger partial charge in [-0.25, -0.2) is 18.4 Å². The summed E-state index contributed by atoms with van der Waals surface area (Å²) in [5, 5.41) is 16.7. The Morgan fingerprint density at radius 3 is 3.00 bits per heavy atom. The average Bonchev–Trinajstić information content (AvgIpc) is 3.23. The van der Waals surface area contributed by atoms with Crippen LogP contribution in [0, 0.1) is 11.3 Å². The lowest BCUT2D eigenvalue weighted by Crippen LogP contribution is -2.50. The highest BCUT2D eigenvalue weighted by molar-refractivity contribution is 7.92. The van der Waals surface area contributed by atoms with Crippen molar-refractivity contribution in [2.24, 2.45) is 0 Å². The fourth-order valence-electron chi connectivity index (χ4n) is 3.63. The Morgan fingerprint density at radius 1 is 1.32 bits per heavy atom. The third-order valence-corrected chi connectivity index (χ3v) is 6.51. The third-order valence-electron chi connectivity index (χ3n) is 5.02. The first-order valence-electron chi connectivity index (χ1n) is 10.1. The van der Waals surface area contributed by atoms with Crippen LogP contribution >= 0.6 is 0 Å². The maximum Gasteiger partial charge on any atom is 0.232 e. The number of hydrogen-bond donors (Lipinski definition) is 4. The van der Waals surface area contributed by atoms with Crippen LogP contribution in [0.5, 0.6) is 0 Å². The molecular weight excluding hydrogens is 416 g/mol. The highest BCUT2D eigenvalue weighted by Gasteiger charge is 2.22. The second kappa shape index (κ2) is 8.79. The minimum Gasteiger partial charge on any atom is -0.366 e. The van der Waals surface area contributed by atoms with E-state index < -0.39 is 10.0 Å². The van der Waals surface area contributed by atoms with Crippen LogP contribution < -0.4 is 20.3 Å². The van der Waals surface area contributed by atoms with Gasteiger partial charge in [-0.05, 0) is 30.7 Å². The van der Waals surface area contributed by atoms with Gasteiger partial charge in [0, 0.05) is 25.8 Å². The SMILES string of the molecule is CCCS(=O)(=O)Nc1ccc(N2CCNC(C#N)C2)c(Nc2ncnc3[nH]ccc23)c1. The van der Waals surface area contributed by atoms with Crippen molar-refractivity contribution >= 4 is 43.9 Å². The van der Waals surface area contributed by atoms with Crippen molar-refractivity contribution in [3.63, 3.8) is 0 Å². The Kier molecular flexibility index (Phi) is 5.92. The number of H-pyrrole nitrogens is 1. The largest absolute Gasteiger partial charge is 0.366 e. The van der Waals surface area contributed by atoms with Gasteiger partial charge >= 0.3 is 0 Å². The van der Waals surface area contributed by atoms with Crippen molar-refractivity contribution in [3.05, 3.63) is 36.8 Å². The van der Waals surface area contributed by atoms with Crippen LogP contribution in [0.15, 0.2) is 36.8 Å². The standard InChI is InChI=1S/C20H24N8O2S/c1-2-9-31(29,30)27-14-3-4-18(28-8-7-22-15(11-21)12-28)17(10-14)26-20-16-5-6-23-19(16)24-13-25-20/h3-6,10,13,15,22,27H,2,7-9,12H2,1H3,(H2,23,24,25,26). The molecule has 0 saturated carbocycles. The Hall–Kier alpha value is -3.36. The lowest BCUT2D eigenvalue weighted by molar-refractivity contribution is 0.525. The quantitative estimate of drug-likeness (QED) is 0.438. The van der Waals surface area contributed by atoms with E-state index in [-0.39, 0.29) is 11.8 Å². The molecule has 0 spiro atoms. The normalized spacial score (nSPS) is 16.8. The summed E-state index contributed by atoms with van der Waals surface area (Å²) in [6, 6.07) is 9.22. The molecule has 1 atom stereocenters. The summed E-state index contributed by atoms with van der Waals surface area (Å²) in [6.07, 6.45) is 3.78. The summed E-state index contributed by atoms with van der Waals surface area (Å²) in [5.41, 5.74) is 2.72. The fourth-order valence-corrected chi connectivity index (χ4v) is 4.76. The molecule has 2 aromatic heterocycles. The summed E-state index contributed by atoms with van der Waals surface area (Å²) in [7, 11) is -3.43. The van der Waals surface area contributed by atoms with E-state index in [1.165, 1.54) is 6.33 Å². The lowest BCUT2D eigenvalue weighted by atomic mass is 10.1. The lowest BCUT2D eigenvalue weighted by Gasteiger charge is -2.33. The molecule has 10 nitrogen and oxygen atoms in total. The predicted molar refractivity (Wildman–Crippen MR) is 121 cm³/mol. The van der Waals surface area contributed by atoms with Crippen LogP contribution in [0.4, 0.5) is 22.9 Å². The smallest absolute Gasteiger partial charge is 0.232 e. The molecule has 1 fully saturated rings. The van der Waals surface area contributed by atoms with Gasteiger partial charge in [0.15, 0.2) is 0 Å². The van der Waals surface area contributed by atoms with Gasteiger partial charge < -0.3 is 15.2 Å². The molecule has 162 valence electrons. The van der Waals surface area contributed by atoms with Gasteiger partial charge in [0.1, 0.15) is 23.8 Å². The first-order chi connectivity index (χ1) is 15.0. The van der Waals surface area contributed by atoms with E-state index in [1.54, 1.807) is 18.3 Å². The topological polar surface area (TPSA) is 139 Å². The summed E-state index contributed by atoms with van der Waals surface area (Å²) in [4.78, 5) is 13.7. The number of nitrogens with zero attached hydrogens (tertiary/aromatic N) is 4. The molecule has 1 aliphatic rings. The van der Waals surface area contributed by atoms with E-state index in [0.29, 0.717) is 42.4 Å². The number of nitriles is 1. The minimum absolute atomic E-state index is 0.0506. The number of sulfonamides is 1. The number of piperazine rings is 1. The molecule has 11 heteroatoms. The maximum atomic E-state index is 12.3. The zero-order chi connectivity index (χ0) is 21.8. The molecule has 4 N–H and O–H groups in total. The van der Waals surface area contributed by atoms with Gasteiger partial charge in [-0.1, -0.05) is 6.92 Å². The monoisotopic (exact) mass is 440 g/mol. The molecule has 4 rings (SSSR count). The minimum atomic E-state index is -3.43. The van der Waals surface area contributed by atoms with Crippen LogP contribution in [0.3, 0.4) is 0 Å². The van der Waals surface area contributed by atoms with Gasteiger partial charge in [-0.2, -0.15) is 5.26 Å². The second-order valence-electron chi connectivity index (χ2n) is 7.32. The van der Waals surface area contributed by atoms with Crippen LogP contribution in [0.2, 0.25) is 0 Å². The van der Waals surface area contributed by atoms with Crippen LogP contribution in [0.25, 0.3) is 11.0 Å². The summed E-state index contributed by atoms with van der Waals surface area (Å²) < 4.78 is 27.2. The predicted octanol–water partition coefficient (Wildman–Crippen LogP) is 2.15. The Balaban J connectivity index is 1.72. The molecule has 0 radical (unpaired) electrons. The molecule has 3 aromatic rings. The number of anilines is 4. The summed E-state index contributed by atoms with van der Waals surface area (Å²) >= 11 is 0. The molecule has 1 unspecified atom stereocenters. The van der Waals surface area contributed by atoms with E-state index in [9.17, 15) is 13.7 Å². The van der Waals surface area contributed by atoms with E-state index in [1.807, 2.05) is 19.1 Å². The highest BCUT2D eigenvalue weighted by Crippen LogP contribution is 2.34. The number of aromatic amines is 1. The van der Waals surface area contributed by atoms with Crippen LogP contribution in [-0.4, -0.2) is 54.8 Å². The first-order valence-corrected chi connectivity index (χ1v) is 11.7. The highest BCUT2D eigenvalue weighted by atomic mass is 32.2. The number of aromatic nitrogens is 3. The van der Waals surface area contributed by atoms with E-state index in [4.69, 9.17) is 0 Å². The molecule has 3 heterocycles. The van der Waals surface area contributed by atoms with Gasteiger partial charge in [0.25, 0.3) is 0 Å². The van der Waals surface area contributed by atoms with Crippen molar-refractivity contribution in [2.75, 3.05) is 40.3 Å². The van der Waals surface area contributed by atoms with E-state index >= 15 is 0 Å². The van der Waals surface area contributed by atoms with Crippen molar-refractivity contribution in [1.82, 2.24) is 20.3 Å². The van der Waals surface area contributed by atoms with Gasteiger partial charge in [-0.15, -0.1) is 0 Å². The third kappa shape index (κ3) is 4.70. The maximum absolute atomic E-state index is 12.3. The number of rotatable bonds is 7. The molecule has 0 bridgehead atoms. The zero-order valence-electron chi connectivity index (χ0n) is 17.1. The summed E-state index contributed by atoms with van der Waals surface area (Å²) in [6.45, 7) is 3.74. The zero-order valence-corrected chi connectivity index (χ0v) is 17.9. The van der Waals surface area contributed by atoms with Crippen molar-refractivity contribution in [1.29, 1.82) is 5.26 Å². The van der Waals surface area contributed by atoms with E-state index in [2.05, 4.69) is 41.3 Å². The molecule has 1 aliphatic heterocycles. The average molecular weight is 441 g/mol. The first kappa shape index (κ1) is 20.9. The summed E-state index contributed by atoms with van der Waals surface area (Å²) in [5.74, 6) is 0.655. The van der Waals surface area contributed by atoms with Crippen molar-refractivity contribution < 1.29 is 8.42 Å². The number of benzene rings is 1.